The van der Waals surface area contributed by atoms with Crippen molar-refractivity contribution in [1.29, 1.82) is 0 Å². The van der Waals surface area contributed by atoms with Crippen LogP contribution in [0.1, 0.15) is 16.1 Å². The van der Waals surface area contributed by atoms with Crippen molar-refractivity contribution in [3.8, 4) is 17.0 Å². The van der Waals surface area contributed by atoms with Gasteiger partial charge in [-0.2, -0.15) is 0 Å². The summed E-state index contributed by atoms with van der Waals surface area (Å²) in [6.07, 6.45) is 3.72. The van der Waals surface area contributed by atoms with Crippen molar-refractivity contribution in [1.82, 2.24) is 9.97 Å². The van der Waals surface area contributed by atoms with Gasteiger partial charge in [-0.1, -0.05) is 11.6 Å². The molecule has 0 saturated heterocycles. The lowest BCUT2D eigenvalue weighted by atomic mass is 10.1. The Balaban J connectivity index is 2.58. The van der Waals surface area contributed by atoms with E-state index in [9.17, 15) is 4.79 Å². The first-order valence-electron chi connectivity index (χ1n) is 5.17. The number of aromatic nitrogens is 2. The molecular formula is C13H12N2O2. The zero-order valence-corrected chi connectivity index (χ0v) is 9.68. The number of hydrogen-bond donors (Lipinski definition) is 0. The maximum absolute atomic E-state index is 10.7. The van der Waals surface area contributed by atoms with Gasteiger partial charge in [0.05, 0.1) is 25.2 Å². The fourth-order valence-electron chi connectivity index (χ4n) is 1.59. The standard InChI is InChI=1S/C13H12N2O2/c1-9-3-4-13(17-2)11(5-9)12-7-14-6-10(8-16)15-12/h3-8H,1-2H3. The molecule has 0 bridgehead atoms. The highest BCUT2D eigenvalue weighted by Gasteiger charge is 2.08. The molecule has 0 amide bonds. The van der Waals surface area contributed by atoms with Crippen LogP contribution in [0.5, 0.6) is 5.75 Å². The van der Waals surface area contributed by atoms with Crippen molar-refractivity contribution in [3.63, 3.8) is 0 Å². The summed E-state index contributed by atoms with van der Waals surface area (Å²) in [6.45, 7) is 1.99. The average Bonchev–Trinajstić information content (AvgIpc) is 2.39. The van der Waals surface area contributed by atoms with Gasteiger partial charge in [-0.3, -0.25) is 9.78 Å². The number of methoxy groups -OCH3 is 1. The molecule has 0 unspecified atom stereocenters. The molecule has 4 heteroatoms. The predicted octanol–water partition coefficient (Wildman–Crippen LogP) is 2.27. The Kier molecular flexibility index (Phi) is 3.14. The lowest BCUT2D eigenvalue weighted by Crippen LogP contribution is -1.95. The number of benzene rings is 1. The Morgan fingerprint density at radius 3 is 2.82 bits per heavy atom. The zero-order valence-electron chi connectivity index (χ0n) is 9.68. The Hall–Kier alpha value is -2.23. The highest BCUT2D eigenvalue weighted by molar-refractivity contribution is 5.74. The second-order valence-corrected chi connectivity index (χ2v) is 3.65. The summed E-state index contributed by atoms with van der Waals surface area (Å²) < 4.78 is 5.27. The minimum atomic E-state index is 0.311. The second-order valence-electron chi connectivity index (χ2n) is 3.65. The number of rotatable bonds is 3. The fraction of sp³-hybridized carbons (Fsp3) is 0.154. The van der Waals surface area contributed by atoms with Crippen molar-refractivity contribution in [3.05, 3.63) is 41.9 Å². The highest BCUT2D eigenvalue weighted by atomic mass is 16.5. The van der Waals surface area contributed by atoms with Gasteiger partial charge in [-0.15, -0.1) is 0 Å². The summed E-state index contributed by atoms with van der Waals surface area (Å²) >= 11 is 0. The number of ether oxygens (including phenoxy) is 1. The van der Waals surface area contributed by atoms with Gasteiger partial charge in [0.25, 0.3) is 0 Å². The monoisotopic (exact) mass is 228 g/mol. The summed E-state index contributed by atoms with van der Waals surface area (Å²) in [5, 5.41) is 0. The van der Waals surface area contributed by atoms with Crippen LogP contribution in [-0.4, -0.2) is 23.4 Å². The number of carbonyl (C=O) groups is 1. The minimum absolute atomic E-state index is 0.311. The molecule has 1 aromatic carbocycles. The molecule has 2 rings (SSSR count). The van der Waals surface area contributed by atoms with Crippen molar-refractivity contribution in [2.24, 2.45) is 0 Å². The van der Waals surface area contributed by atoms with Crippen LogP contribution < -0.4 is 4.74 Å². The van der Waals surface area contributed by atoms with Crippen LogP contribution >= 0.6 is 0 Å². The summed E-state index contributed by atoms with van der Waals surface area (Å²) in [7, 11) is 1.60. The molecule has 4 nitrogen and oxygen atoms in total. The topological polar surface area (TPSA) is 52.1 Å². The van der Waals surface area contributed by atoms with E-state index >= 15 is 0 Å². The number of carbonyl (C=O) groups excluding carboxylic acids is 1. The molecule has 0 saturated carbocycles. The lowest BCUT2D eigenvalue weighted by molar-refractivity contribution is 0.111. The summed E-state index contributed by atoms with van der Waals surface area (Å²) in [5.74, 6) is 0.716. The van der Waals surface area contributed by atoms with Gasteiger partial charge in [0, 0.05) is 5.56 Å². The third-order valence-electron chi connectivity index (χ3n) is 2.40. The maximum Gasteiger partial charge on any atom is 0.170 e. The van der Waals surface area contributed by atoms with Crippen LogP contribution in [0.2, 0.25) is 0 Å². The smallest absolute Gasteiger partial charge is 0.170 e. The molecule has 0 aliphatic heterocycles. The summed E-state index contributed by atoms with van der Waals surface area (Å²) in [4.78, 5) is 18.9. The van der Waals surface area contributed by atoms with E-state index < -0.39 is 0 Å². The van der Waals surface area contributed by atoms with E-state index in [1.165, 1.54) is 6.20 Å². The Bertz CT molecular complexity index is 553. The SMILES string of the molecule is COc1ccc(C)cc1-c1cncc(C=O)n1. The molecule has 0 aliphatic rings. The highest BCUT2D eigenvalue weighted by Crippen LogP contribution is 2.28. The second kappa shape index (κ2) is 4.74. The third-order valence-corrected chi connectivity index (χ3v) is 2.40. The van der Waals surface area contributed by atoms with Crippen LogP contribution in [0.25, 0.3) is 11.3 Å². The molecule has 17 heavy (non-hydrogen) atoms. The number of nitrogens with zero attached hydrogens (tertiary/aromatic N) is 2. The van der Waals surface area contributed by atoms with E-state index in [0.29, 0.717) is 23.4 Å². The lowest BCUT2D eigenvalue weighted by Gasteiger charge is -2.08. The first kappa shape index (κ1) is 11.3. The third kappa shape index (κ3) is 2.30. The van der Waals surface area contributed by atoms with Gasteiger partial charge < -0.3 is 4.74 Å². The van der Waals surface area contributed by atoms with Crippen molar-refractivity contribution in [2.45, 2.75) is 6.92 Å². The molecule has 0 aliphatic carbocycles. The molecule has 2 aromatic rings. The molecule has 0 N–H and O–H groups in total. The van der Waals surface area contributed by atoms with Gasteiger partial charge in [0.2, 0.25) is 0 Å². The van der Waals surface area contributed by atoms with Gasteiger partial charge in [-0.05, 0) is 19.1 Å². The zero-order chi connectivity index (χ0) is 12.3. The molecule has 1 aromatic heterocycles. The van der Waals surface area contributed by atoms with Crippen molar-refractivity contribution >= 4 is 6.29 Å². The van der Waals surface area contributed by atoms with Gasteiger partial charge in [0.15, 0.2) is 6.29 Å². The van der Waals surface area contributed by atoms with E-state index in [1.807, 2.05) is 25.1 Å². The van der Waals surface area contributed by atoms with Gasteiger partial charge in [-0.25, -0.2) is 4.98 Å². The van der Waals surface area contributed by atoms with Gasteiger partial charge >= 0.3 is 0 Å². The van der Waals surface area contributed by atoms with E-state index in [1.54, 1.807) is 13.3 Å². The molecule has 1 heterocycles. The molecule has 0 atom stereocenters. The fourth-order valence-corrected chi connectivity index (χ4v) is 1.59. The van der Waals surface area contributed by atoms with Crippen LogP contribution in [-0.2, 0) is 0 Å². The predicted molar refractivity (Wildman–Crippen MR) is 64.1 cm³/mol. The van der Waals surface area contributed by atoms with Crippen LogP contribution in [0.3, 0.4) is 0 Å². The van der Waals surface area contributed by atoms with E-state index in [2.05, 4.69) is 9.97 Å². The quantitative estimate of drug-likeness (QED) is 0.756. The van der Waals surface area contributed by atoms with E-state index in [-0.39, 0.29) is 0 Å². The van der Waals surface area contributed by atoms with Crippen LogP contribution in [0.4, 0.5) is 0 Å². The van der Waals surface area contributed by atoms with Crippen molar-refractivity contribution in [2.75, 3.05) is 7.11 Å². The number of aryl methyl sites for hydroxylation is 1. The maximum atomic E-state index is 10.7. The van der Waals surface area contributed by atoms with E-state index in [0.717, 1.165) is 11.1 Å². The molecule has 86 valence electrons. The summed E-state index contributed by atoms with van der Waals surface area (Å²) in [5.41, 5.74) is 2.88. The normalized spacial score (nSPS) is 10.0. The van der Waals surface area contributed by atoms with Crippen LogP contribution in [0, 0.1) is 6.92 Å². The molecule has 0 spiro atoms. The summed E-state index contributed by atoms with van der Waals surface area (Å²) in [6, 6.07) is 5.79. The molecular weight excluding hydrogens is 216 g/mol. The first-order valence-corrected chi connectivity index (χ1v) is 5.17. The Morgan fingerprint density at radius 1 is 1.29 bits per heavy atom. The molecule has 0 fully saturated rings. The number of aldehydes is 1. The van der Waals surface area contributed by atoms with Crippen LogP contribution in [0.15, 0.2) is 30.6 Å². The average molecular weight is 228 g/mol. The first-order chi connectivity index (χ1) is 8.24. The minimum Gasteiger partial charge on any atom is -0.496 e. The Morgan fingerprint density at radius 2 is 2.12 bits per heavy atom. The largest absolute Gasteiger partial charge is 0.496 e. The van der Waals surface area contributed by atoms with Gasteiger partial charge in [0.1, 0.15) is 11.4 Å². The van der Waals surface area contributed by atoms with E-state index in [4.69, 9.17) is 4.74 Å². The molecule has 0 radical (unpaired) electrons. The number of hydrogen-bond acceptors (Lipinski definition) is 4. The Labute approximate surface area is 99.3 Å². The van der Waals surface area contributed by atoms with Crippen molar-refractivity contribution < 1.29 is 9.53 Å².